The molecule has 1 aliphatic rings. The number of piperidine rings is 1. The minimum Gasteiger partial charge on any atom is -0.481 e. The van der Waals surface area contributed by atoms with Crippen LogP contribution in [0.4, 0.5) is 0 Å². The second-order valence-corrected chi connectivity index (χ2v) is 5.07. The standard InChI is InChI=1S/C15H19NO3/c1-11(15(18)19)14(17)16-9-7-13(8-10-16)12-5-3-2-4-6-12/h2-6,11,13H,7-10H2,1H3,(H,18,19). The lowest BCUT2D eigenvalue weighted by atomic mass is 9.89. The number of hydrogen-bond acceptors (Lipinski definition) is 2. The number of carbonyl (C=O) groups excluding carboxylic acids is 1. The van der Waals surface area contributed by atoms with Crippen molar-refractivity contribution in [3.8, 4) is 0 Å². The van der Waals surface area contributed by atoms with Crippen molar-refractivity contribution in [1.29, 1.82) is 0 Å². The Morgan fingerprint density at radius 1 is 1.21 bits per heavy atom. The van der Waals surface area contributed by atoms with Gasteiger partial charge in [-0.25, -0.2) is 0 Å². The molecule has 4 nitrogen and oxygen atoms in total. The normalized spacial score (nSPS) is 18.1. The van der Waals surface area contributed by atoms with Gasteiger partial charge in [0.1, 0.15) is 5.92 Å². The Hall–Kier alpha value is -1.84. The number of carboxylic acid groups (broad SMARTS) is 1. The minimum absolute atomic E-state index is 0.265. The number of nitrogens with zero attached hydrogens (tertiary/aromatic N) is 1. The van der Waals surface area contributed by atoms with Crippen LogP contribution < -0.4 is 0 Å². The summed E-state index contributed by atoms with van der Waals surface area (Å²) in [7, 11) is 0. The number of aliphatic carboxylic acids is 1. The van der Waals surface area contributed by atoms with E-state index >= 15 is 0 Å². The second-order valence-electron chi connectivity index (χ2n) is 5.07. The Morgan fingerprint density at radius 3 is 2.32 bits per heavy atom. The zero-order valence-electron chi connectivity index (χ0n) is 11.1. The average molecular weight is 261 g/mol. The van der Waals surface area contributed by atoms with Gasteiger partial charge in [0, 0.05) is 13.1 Å². The molecule has 1 saturated heterocycles. The molecule has 1 aromatic carbocycles. The number of rotatable bonds is 3. The molecule has 1 aromatic rings. The Kier molecular flexibility index (Phi) is 4.20. The third-order valence-electron chi connectivity index (χ3n) is 3.82. The molecule has 0 saturated carbocycles. The van der Waals surface area contributed by atoms with E-state index in [1.54, 1.807) is 4.90 Å². The summed E-state index contributed by atoms with van der Waals surface area (Å²) in [6, 6.07) is 10.3. The van der Waals surface area contributed by atoms with Crippen molar-refractivity contribution in [2.75, 3.05) is 13.1 Å². The van der Waals surface area contributed by atoms with Crippen molar-refractivity contribution in [3.05, 3.63) is 35.9 Å². The van der Waals surface area contributed by atoms with Gasteiger partial charge in [-0.1, -0.05) is 30.3 Å². The summed E-state index contributed by atoms with van der Waals surface area (Å²) in [6.45, 7) is 2.75. The Bertz CT molecular complexity index is 450. The van der Waals surface area contributed by atoms with E-state index in [-0.39, 0.29) is 5.91 Å². The lowest BCUT2D eigenvalue weighted by Crippen LogP contribution is -2.42. The summed E-state index contributed by atoms with van der Waals surface area (Å²) >= 11 is 0. The van der Waals surface area contributed by atoms with Crippen LogP contribution in [0.15, 0.2) is 30.3 Å². The van der Waals surface area contributed by atoms with Crippen LogP contribution in [0.5, 0.6) is 0 Å². The number of likely N-dealkylation sites (tertiary alicyclic amines) is 1. The first kappa shape index (κ1) is 13.6. The van der Waals surface area contributed by atoms with E-state index in [1.807, 2.05) is 18.2 Å². The smallest absolute Gasteiger partial charge is 0.315 e. The highest BCUT2D eigenvalue weighted by atomic mass is 16.4. The summed E-state index contributed by atoms with van der Waals surface area (Å²) in [6.07, 6.45) is 1.81. The third-order valence-corrected chi connectivity index (χ3v) is 3.82. The summed E-state index contributed by atoms with van der Waals surface area (Å²) in [4.78, 5) is 24.4. The van der Waals surface area contributed by atoms with Gasteiger partial charge in [-0.2, -0.15) is 0 Å². The number of hydrogen-bond donors (Lipinski definition) is 1. The van der Waals surface area contributed by atoms with Crippen LogP contribution in [0.25, 0.3) is 0 Å². The molecule has 19 heavy (non-hydrogen) atoms. The minimum atomic E-state index is -1.05. The molecule has 1 heterocycles. The highest BCUT2D eigenvalue weighted by Crippen LogP contribution is 2.28. The molecule has 1 atom stereocenters. The zero-order valence-corrected chi connectivity index (χ0v) is 11.1. The summed E-state index contributed by atoms with van der Waals surface area (Å²) in [5.41, 5.74) is 1.31. The molecule has 1 fully saturated rings. The molecule has 0 aromatic heterocycles. The molecule has 1 aliphatic heterocycles. The highest BCUT2D eigenvalue weighted by Gasteiger charge is 2.29. The first-order valence-corrected chi connectivity index (χ1v) is 6.66. The van der Waals surface area contributed by atoms with Crippen molar-refractivity contribution in [3.63, 3.8) is 0 Å². The van der Waals surface area contributed by atoms with Gasteiger partial charge in [0.2, 0.25) is 5.91 Å². The van der Waals surface area contributed by atoms with Gasteiger partial charge in [0.05, 0.1) is 0 Å². The SMILES string of the molecule is CC(C(=O)O)C(=O)N1CCC(c2ccccc2)CC1. The number of carbonyl (C=O) groups is 2. The van der Waals surface area contributed by atoms with Crippen LogP contribution >= 0.6 is 0 Å². The van der Waals surface area contributed by atoms with Crippen molar-refractivity contribution < 1.29 is 14.7 Å². The maximum atomic E-state index is 11.9. The van der Waals surface area contributed by atoms with E-state index in [0.717, 1.165) is 12.8 Å². The molecule has 2 rings (SSSR count). The summed E-state index contributed by atoms with van der Waals surface area (Å²) in [5.74, 6) is -1.77. The van der Waals surface area contributed by atoms with E-state index < -0.39 is 11.9 Å². The van der Waals surface area contributed by atoms with Crippen LogP contribution in [-0.2, 0) is 9.59 Å². The van der Waals surface area contributed by atoms with Crippen molar-refractivity contribution in [2.24, 2.45) is 5.92 Å². The van der Waals surface area contributed by atoms with Crippen LogP contribution in [-0.4, -0.2) is 35.0 Å². The number of benzene rings is 1. The van der Waals surface area contributed by atoms with E-state index in [2.05, 4.69) is 12.1 Å². The largest absolute Gasteiger partial charge is 0.481 e. The van der Waals surface area contributed by atoms with Crippen molar-refractivity contribution in [1.82, 2.24) is 4.90 Å². The quantitative estimate of drug-likeness (QED) is 0.848. The molecular formula is C15H19NO3. The summed E-state index contributed by atoms with van der Waals surface area (Å²) in [5, 5.41) is 8.87. The van der Waals surface area contributed by atoms with Crippen LogP contribution in [0.1, 0.15) is 31.2 Å². The van der Waals surface area contributed by atoms with Crippen LogP contribution in [0.2, 0.25) is 0 Å². The number of carboxylic acids is 1. The summed E-state index contributed by atoms with van der Waals surface area (Å²) < 4.78 is 0. The van der Waals surface area contributed by atoms with Gasteiger partial charge in [0.15, 0.2) is 0 Å². The maximum absolute atomic E-state index is 11.9. The van der Waals surface area contributed by atoms with E-state index in [0.29, 0.717) is 19.0 Å². The fourth-order valence-corrected chi connectivity index (χ4v) is 2.54. The fourth-order valence-electron chi connectivity index (χ4n) is 2.54. The van der Waals surface area contributed by atoms with Crippen LogP contribution in [0.3, 0.4) is 0 Å². The molecule has 0 bridgehead atoms. The molecule has 1 N–H and O–H groups in total. The molecule has 1 unspecified atom stereocenters. The van der Waals surface area contributed by atoms with E-state index in [1.165, 1.54) is 12.5 Å². The predicted octanol–water partition coefficient (Wildman–Crippen LogP) is 2.11. The van der Waals surface area contributed by atoms with E-state index in [4.69, 9.17) is 5.11 Å². The van der Waals surface area contributed by atoms with Gasteiger partial charge in [-0.05, 0) is 31.2 Å². The molecule has 0 spiro atoms. The predicted molar refractivity (Wildman–Crippen MR) is 71.8 cm³/mol. The lowest BCUT2D eigenvalue weighted by molar-refractivity contribution is -0.150. The first-order valence-electron chi connectivity index (χ1n) is 6.66. The maximum Gasteiger partial charge on any atom is 0.315 e. The topological polar surface area (TPSA) is 57.6 Å². The second kappa shape index (κ2) is 5.87. The van der Waals surface area contributed by atoms with Crippen LogP contribution in [0, 0.1) is 5.92 Å². The van der Waals surface area contributed by atoms with Gasteiger partial charge < -0.3 is 10.0 Å². The van der Waals surface area contributed by atoms with Gasteiger partial charge in [-0.15, -0.1) is 0 Å². The number of amides is 1. The highest BCUT2D eigenvalue weighted by molar-refractivity contribution is 5.96. The Balaban J connectivity index is 1.93. The van der Waals surface area contributed by atoms with Crippen molar-refractivity contribution >= 4 is 11.9 Å². The van der Waals surface area contributed by atoms with E-state index in [9.17, 15) is 9.59 Å². The average Bonchev–Trinajstić information content (AvgIpc) is 2.46. The molecule has 0 radical (unpaired) electrons. The monoisotopic (exact) mass is 261 g/mol. The molecule has 1 amide bonds. The Morgan fingerprint density at radius 2 is 1.79 bits per heavy atom. The molecule has 102 valence electrons. The van der Waals surface area contributed by atoms with Gasteiger partial charge in [-0.3, -0.25) is 9.59 Å². The molecular weight excluding hydrogens is 242 g/mol. The third kappa shape index (κ3) is 3.13. The first-order chi connectivity index (χ1) is 9.09. The molecule has 4 heteroatoms. The van der Waals surface area contributed by atoms with Gasteiger partial charge >= 0.3 is 5.97 Å². The fraction of sp³-hybridized carbons (Fsp3) is 0.467. The van der Waals surface area contributed by atoms with Crippen molar-refractivity contribution in [2.45, 2.75) is 25.7 Å². The Labute approximate surface area is 113 Å². The lowest BCUT2D eigenvalue weighted by Gasteiger charge is -2.33. The van der Waals surface area contributed by atoms with Gasteiger partial charge in [0.25, 0.3) is 0 Å². The molecule has 0 aliphatic carbocycles. The zero-order chi connectivity index (χ0) is 13.8.